The summed E-state index contributed by atoms with van der Waals surface area (Å²) in [5.41, 5.74) is 0. The van der Waals surface area contributed by atoms with Gasteiger partial charge in [-0.3, -0.25) is 0 Å². The van der Waals surface area contributed by atoms with Gasteiger partial charge in [-0.2, -0.15) is 0 Å². The zero-order chi connectivity index (χ0) is 14.5. The Labute approximate surface area is 126 Å². The molecule has 0 spiro atoms. The van der Waals surface area contributed by atoms with Crippen LogP contribution in [0.1, 0.15) is 33.6 Å². The molecule has 1 aliphatic heterocycles. The minimum Gasteiger partial charge on any atom is -0.370 e. The van der Waals surface area contributed by atoms with Crippen LogP contribution >= 0.6 is 11.8 Å². The first-order chi connectivity index (χ1) is 9.63. The second-order valence-corrected chi connectivity index (χ2v) is 6.49. The number of piperidine rings is 1. The van der Waals surface area contributed by atoms with Crippen molar-refractivity contribution in [3.8, 4) is 0 Å². The maximum absolute atomic E-state index is 4.68. The summed E-state index contributed by atoms with van der Waals surface area (Å²) in [6.07, 6.45) is 4.38. The zero-order valence-corrected chi connectivity index (χ0v) is 13.8. The number of rotatable bonds is 5. The fourth-order valence-corrected chi connectivity index (χ4v) is 2.86. The van der Waals surface area contributed by atoms with Gasteiger partial charge in [0.1, 0.15) is 11.6 Å². The highest BCUT2D eigenvalue weighted by atomic mass is 32.2. The third-order valence-corrected chi connectivity index (χ3v) is 4.64. The molecule has 1 fully saturated rings. The van der Waals surface area contributed by atoms with Crippen molar-refractivity contribution in [2.45, 2.75) is 38.8 Å². The molecule has 2 unspecified atom stereocenters. The van der Waals surface area contributed by atoms with Crippen LogP contribution in [-0.2, 0) is 0 Å². The van der Waals surface area contributed by atoms with Gasteiger partial charge in [0.05, 0.1) is 0 Å². The molecule has 1 aliphatic rings. The molecule has 112 valence electrons. The van der Waals surface area contributed by atoms with Gasteiger partial charge in [-0.05, 0) is 30.9 Å². The van der Waals surface area contributed by atoms with E-state index in [4.69, 9.17) is 0 Å². The molecule has 1 saturated heterocycles. The van der Waals surface area contributed by atoms with Crippen LogP contribution in [0, 0.1) is 11.8 Å². The van der Waals surface area contributed by atoms with E-state index in [2.05, 4.69) is 47.0 Å². The van der Waals surface area contributed by atoms with Crippen molar-refractivity contribution >= 4 is 23.4 Å². The van der Waals surface area contributed by atoms with E-state index >= 15 is 0 Å². The summed E-state index contributed by atoms with van der Waals surface area (Å²) in [6.45, 7) is 10.0. The predicted octanol–water partition coefficient (Wildman–Crippen LogP) is 3.50. The van der Waals surface area contributed by atoms with Crippen LogP contribution in [0.25, 0.3) is 0 Å². The number of hydrogen-bond donors (Lipinski definition) is 1. The second kappa shape index (κ2) is 7.16. The molecule has 0 aromatic carbocycles. The molecule has 2 atom stereocenters. The van der Waals surface area contributed by atoms with E-state index in [1.165, 1.54) is 6.42 Å². The molecule has 0 aliphatic carbocycles. The fourth-order valence-electron chi connectivity index (χ4n) is 2.48. The topological polar surface area (TPSA) is 41.0 Å². The minimum atomic E-state index is 0.725. The van der Waals surface area contributed by atoms with E-state index in [9.17, 15) is 0 Å². The maximum atomic E-state index is 4.68. The average molecular weight is 294 g/mol. The summed E-state index contributed by atoms with van der Waals surface area (Å²) in [4.78, 5) is 11.6. The summed E-state index contributed by atoms with van der Waals surface area (Å²) in [5, 5.41) is 4.23. The quantitative estimate of drug-likeness (QED) is 0.665. The van der Waals surface area contributed by atoms with Gasteiger partial charge < -0.3 is 10.2 Å². The Kier molecular flexibility index (Phi) is 5.52. The SMILES string of the molecule is CCCNc1cc(N2CCC(C)C(C)C2)nc(SC)n1. The molecule has 0 bridgehead atoms. The molecule has 0 amide bonds. The summed E-state index contributed by atoms with van der Waals surface area (Å²) in [5.74, 6) is 3.56. The number of hydrogen-bond acceptors (Lipinski definition) is 5. The molecule has 0 saturated carbocycles. The molecule has 0 radical (unpaired) electrons. The summed E-state index contributed by atoms with van der Waals surface area (Å²) >= 11 is 1.61. The third kappa shape index (κ3) is 3.78. The normalized spacial score (nSPS) is 22.9. The standard InChI is InChI=1S/C15H26N4S/c1-5-7-16-13-9-14(18-15(17-13)20-4)19-8-6-11(2)12(3)10-19/h9,11-12H,5-8,10H2,1-4H3,(H,16,17,18). The molecule has 1 N–H and O–H groups in total. The van der Waals surface area contributed by atoms with Crippen molar-refractivity contribution in [1.29, 1.82) is 0 Å². The lowest BCUT2D eigenvalue weighted by Gasteiger charge is -2.36. The van der Waals surface area contributed by atoms with Crippen molar-refractivity contribution in [3.05, 3.63) is 6.07 Å². The van der Waals surface area contributed by atoms with Crippen LogP contribution in [0.5, 0.6) is 0 Å². The Balaban J connectivity index is 2.17. The molecular weight excluding hydrogens is 268 g/mol. The van der Waals surface area contributed by atoms with Gasteiger partial charge in [0.15, 0.2) is 5.16 Å². The van der Waals surface area contributed by atoms with Gasteiger partial charge in [-0.25, -0.2) is 9.97 Å². The van der Waals surface area contributed by atoms with E-state index in [0.29, 0.717) is 0 Å². The fraction of sp³-hybridized carbons (Fsp3) is 0.733. The summed E-state index contributed by atoms with van der Waals surface area (Å²) in [7, 11) is 0. The van der Waals surface area contributed by atoms with Crippen LogP contribution in [0.4, 0.5) is 11.6 Å². The lowest BCUT2D eigenvalue weighted by Crippen LogP contribution is -2.39. The van der Waals surface area contributed by atoms with Gasteiger partial charge in [0, 0.05) is 25.7 Å². The van der Waals surface area contributed by atoms with Crippen LogP contribution in [-0.4, -0.2) is 35.9 Å². The van der Waals surface area contributed by atoms with E-state index in [-0.39, 0.29) is 0 Å². The molecule has 2 rings (SSSR count). The average Bonchev–Trinajstić information content (AvgIpc) is 2.47. The van der Waals surface area contributed by atoms with Crippen molar-refractivity contribution < 1.29 is 0 Å². The van der Waals surface area contributed by atoms with E-state index < -0.39 is 0 Å². The summed E-state index contributed by atoms with van der Waals surface area (Å²) in [6, 6.07) is 2.10. The highest BCUT2D eigenvalue weighted by Gasteiger charge is 2.24. The van der Waals surface area contributed by atoms with E-state index in [1.54, 1.807) is 11.8 Å². The number of aromatic nitrogens is 2. The van der Waals surface area contributed by atoms with Crippen LogP contribution in [0.2, 0.25) is 0 Å². The Bertz CT molecular complexity index is 438. The highest BCUT2D eigenvalue weighted by Crippen LogP contribution is 2.28. The smallest absolute Gasteiger partial charge is 0.191 e. The Hall–Kier alpha value is -0.970. The van der Waals surface area contributed by atoms with Gasteiger partial charge in [0.2, 0.25) is 0 Å². The van der Waals surface area contributed by atoms with Crippen LogP contribution in [0.15, 0.2) is 11.2 Å². The molecule has 1 aromatic heterocycles. The highest BCUT2D eigenvalue weighted by molar-refractivity contribution is 7.98. The maximum Gasteiger partial charge on any atom is 0.191 e. The van der Waals surface area contributed by atoms with Gasteiger partial charge in [-0.1, -0.05) is 32.5 Å². The largest absolute Gasteiger partial charge is 0.370 e. The second-order valence-electron chi connectivity index (χ2n) is 5.71. The monoisotopic (exact) mass is 294 g/mol. The van der Waals surface area contributed by atoms with Crippen LogP contribution < -0.4 is 10.2 Å². The Morgan fingerprint density at radius 2 is 2.15 bits per heavy atom. The predicted molar refractivity (Wildman–Crippen MR) is 87.8 cm³/mol. The first kappa shape index (κ1) is 15.4. The first-order valence-corrected chi connectivity index (χ1v) is 8.78. The molecule has 5 heteroatoms. The van der Waals surface area contributed by atoms with Gasteiger partial charge >= 0.3 is 0 Å². The molecule has 20 heavy (non-hydrogen) atoms. The Morgan fingerprint density at radius 1 is 1.35 bits per heavy atom. The third-order valence-electron chi connectivity index (χ3n) is 4.09. The van der Waals surface area contributed by atoms with E-state index in [1.807, 2.05) is 6.26 Å². The number of thioether (sulfide) groups is 1. The minimum absolute atomic E-state index is 0.725. The zero-order valence-electron chi connectivity index (χ0n) is 13.0. The molecular formula is C15H26N4S. The van der Waals surface area contributed by atoms with E-state index in [0.717, 1.165) is 54.7 Å². The molecule has 2 heterocycles. The first-order valence-electron chi connectivity index (χ1n) is 7.56. The number of nitrogens with zero attached hydrogens (tertiary/aromatic N) is 3. The number of nitrogens with one attached hydrogen (secondary N) is 1. The summed E-state index contributed by atoms with van der Waals surface area (Å²) < 4.78 is 0. The van der Waals surface area contributed by atoms with Gasteiger partial charge in [0.25, 0.3) is 0 Å². The lowest BCUT2D eigenvalue weighted by molar-refractivity contribution is 0.322. The van der Waals surface area contributed by atoms with Crippen molar-refractivity contribution in [3.63, 3.8) is 0 Å². The lowest BCUT2D eigenvalue weighted by atomic mass is 9.89. The number of anilines is 2. The molecule has 1 aromatic rings. The molecule has 4 nitrogen and oxygen atoms in total. The van der Waals surface area contributed by atoms with Gasteiger partial charge in [-0.15, -0.1) is 0 Å². The van der Waals surface area contributed by atoms with Crippen molar-refractivity contribution in [2.24, 2.45) is 11.8 Å². The Morgan fingerprint density at radius 3 is 2.80 bits per heavy atom. The van der Waals surface area contributed by atoms with Crippen molar-refractivity contribution in [1.82, 2.24) is 9.97 Å². The van der Waals surface area contributed by atoms with Crippen LogP contribution in [0.3, 0.4) is 0 Å². The van der Waals surface area contributed by atoms with Crippen molar-refractivity contribution in [2.75, 3.05) is 36.1 Å².